The van der Waals surface area contributed by atoms with Crippen molar-refractivity contribution in [1.82, 2.24) is 15.3 Å². The van der Waals surface area contributed by atoms with Crippen LogP contribution in [0.25, 0.3) is 0 Å². The van der Waals surface area contributed by atoms with Gasteiger partial charge in [-0.1, -0.05) is 41.4 Å². The summed E-state index contributed by atoms with van der Waals surface area (Å²) >= 11 is 11.8. The van der Waals surface area contributed by atoms with Crippen molar-refractivity contribution < 1.29 is 4.79 Å². The van der Waals surface area contributed by atoms with Crippen molar-refractivity contribution in [2.45, 2.75) is 6.54 Å². The molecule has 0 bridgehead atoms. The number of nitrogens with one attached hydrogen (secondary N) is 2. The van der Waals surface area contributed by atoms with Crippen LogP contribution in [0.4, 0.5) is 11.6 Å². The minimum absolute atomic E-state index is 0.246. The van der Waals surface area contributed by atoms with Gasteiger partial charge in [0, 0.05) is 34.7 Å². The predicted molar refractivity (Wildman–Crippen MR) is 99.4 cm³/mol. The Hall–Kier alpha value is -2.63. The smallest absolute Gasteiger partial charge is 0.254 e. The molecule has 3 aromatic rings. The predicted octanol–water partition coefficient (Wildman–Crippen LogP) is 4.46. The molecular weight excluding hydrogens is 359 g/mol. The Labute approximate surface area is 155 Å². The van der Waals surface area contributed by atoms with E-state index >= 15 is 0 Å². The molecule has 0 spiro atoms. The average Bonchev–Trinajstić information content (AvgIpc) is 2.62. The number of rotatable bonds is 5. The van der Waals surface area contributed by atoms with Gasteiger partial charge in [0.05, 0.1) is 5.56 Å². The second-order valence-electron chi connectivity index (χ2n) is 5.24. The molecule has 0 saturated carbocycles. The monoisotopic (exact) mass is 372 g/mol. The molecule has 5 nitrogen and oxygen atoms in total. The zero-order valence-corrected chi connectivity index (χ0v) is 14.6. The van der Waals surface area contributed by atoms with E-state index in [0.29, 0.717) is 28.1 Å². The number of anilines is 2. The lowest BCUT2D eigenvalue weighted by molar-refractivity contribution is 0.0950. The van der Waals surface area contributed by atoms with Crippen molar-refractivity contribution in [3.05, 3.63) is 82.1 Å². The van der Waals surface area contributed by atoms with Gasteiger partial charge in [-0.3, -0.25) is 4.79 Å². The van der Waals surface area contributed by atoms with E-state index in [9.17, 15) is 4.79 Å². The molecule has 1 aromatic heterocycles. The third-order valence-electron chi connectivity index (χ3n) is 3.36. The third-order valence-corrected chi connectivity index (χ3v) is 3.85. The highest BCUT2D eigenvalue weighted by atomic mass is 35.5. The number of carbonyl (C=O) groups is 1. The molecule has 1 heterocycles. The molecule has 7 heteroatoms. The standard InChI is InChI=1S/C18H14Cl2N4O/c19-14-6-4-12(5-7-14)9-21-17(25)13-10-22-18(23-11-13)24-16-3-1-2-15(20)8-16/h1-8,10-11H,9H2,(H,21,25)(H,22,23,24). The number of amides is 1. The first kappa shape index (κ1) is 17.2. The van der Waals surface area contributed by atoms with Crippen molar-refractivity contribution in [3.63, 3.8) is 0 Å². The van der Waals surface area contributed by atoms with Gasteiger partial charge in [0.15, 0.2) is 0 Å². The average molecular weight is 373 g/mol. The summed E-state index contributed by atoms with van der Waals surface area (Å²) in [5.41, 5.74) is 2.11. The molecule has 0 fully saturated rings. The Morgan fingerprint density at radius 2 is 1.68 bits per heavy atom. The van der Waals surface area contributed by atoms with E-state index in [1.807, 2.05) is 24.3 Å². The summed E-state index contributed by atoms with van der Waals surface area (Å²) in [6, 6.07) is 14.5. The fourth-order valence-electron chi connectivity index (χ4n) is 2.09. The maximum atomic E-state index is 12.1. The summed E-state index contributed by atoms with van der Waals surface area (Å²) in [7, 11) is 0. The molecule has 0 aliphatic heterocycles. The third kappa shape index (κ3) is 4.92. The van der Waals surface area contributed by atoms with E-state index in [1.54, 1.807) is 24.3 Å². The molecule has 0 atom stereocenters. The quantitative estimate of drug-likeness (QED) is 0.693. The Morgan fingerprint density at radius 3 is 2.36 bits per heavy atom. The minimum Gasteiger partial charge on any atom is -0.348 e. The van der Waals surface area contributed by atoms with Gasteiger partial charge < -0.3 is 10.6 Å². The van der Waals surface area contributed by atoms with Crippen LogP contribution in [-0.4, -0.2) is 15.9 Å². The maximum absolute atomic E-state index is 12.1. The topological polar surface area (TPSA) is 66.9 Å². The number of carbonyl (C=O) groups excluding carboxylic acids is 1. The van der Waals surface area contributed by atoms with E-state index in [4.69, 9.17) is 23.2 Å². The van der Waals surface area contributed by atoms with E-state index < -0.39 is 0 Å². The molecule has 126 valence electrons. The molecule has 0 saturated heterocycles. The fourth-order valence-corrected chi connectivity index (χ4v) is 2.41. The molecule has 25 heavy (non-hydrogen) atoms. The highest BCUT2D eigenvalue weighted by molar-refractivity contribution is 6.31. The number of hydrogen-bond donors (Lipinski definition) is 2. The van der Waals surface area contributed by atoms with Crippen molar-refractivity contribution in [2.24, 2.45) is 0 Å². The summed E-state index contributed by atoms with van der Waals surface area (Å²) in [5.74, 6) is 0.140. The summed E-state index contributed by atoms with van der Waals surface area (Å²) in [5, 5.41) is 7.11. The van der Waals surface area contributed by atoms with Gasteiger partial charge >= 0.3 is 0 Å². The van der Waals surface area contributed by atoms with Gasteiger partial charge in [-0.25, -0.2) is 9.97 Å². The minimum atomic E-state index is -0.246. The van der Waals surface area contributed by atoms with Crippen molar-refractivity contribution in [2.75, 3.05) is 5.32 Å². The van der Waals surface area contributed by atoms with Crippen molar-refractivity contribution in [1.29, 1.82) is 0 Å². The maximum Gasteiger partial charge on any atom is 0.254 e. The normalized spacial score (nSPS) is 10.3. The second-order valence-corrected chi connectivity index (χ2v) is 6.11. The molecular formula is C18H14Cl2N4O. The number of hydrogen-bond acceptors (Lipinski definition) is 4. The first-order chi connectivity index (χ1) is 12.1. The summed E-state index contributed by atoms with van der Waals surface area (Å²) in [6.07, 6.45) is 2.94. The van der Waals surface area contributed by atoms with E-state index in [2.05, 4.69) is 20.6 Å². The largest absolute Gasteiger partial charge is 0.348 e. The van der Waals surface area contributed by atoms with E-state index in [0.717, 1.165) is 11.3 Å². The summed E-state index contributed by atoms with van der Waals surface area (Å²) in [4.78, 5) is 20.4. The lowest BCUT2D eigenvalue weighted by atomic mass is 10.2. The van der Waals surface area contributed by atoms with Gasteiger partial charge in [-0.2, -0.15) is 0 Å². The number of benzene rings is 2. The van der Waals surface area contributed by atoms with Gasteiger partial charge in [-0.15, -0.1) is 0 Å². The van der Waals surface area contributed by atoms with Crippen LogP contribution in [-0.2, 0) is 6.54 Å². The van der Waals surface area contributed by atoms with Crippen LogP contribution < -0.4 is 10.6 Å². The van der Waals surface area contributed by atoms with Crippen molar-refractivity contribution >= 4 is 40.7 Å². The Bertz CT molecular complexity index is 867. The van der Waals surface area contributed by atoms with Gasteiger partial charge in [0.2, 0.25) is 5.95 Å². The molecule has 3 rings (SSSR count). The summed E-state index contributed by atoms with van der Waals surface area (Å²) in [6.45, 7) is 0.401. The number of halogens is 2. The Kier molecular flexibility index (Phi) is 5.48. The van der Waals surface area contributed by atoms with Crippen LogP contribution in [0.3, 0.4) is 0 Å². The Morgan fingerprint density at radius 1 is 0.960 bits per heavy atom. The number of aromatic nitrogens is 2. The van der Waals surface area contributed by atoms with Crippen LogP contribution >= 0.6 is 23.2 Å². The van der Waals surface area contributed by atoms with Crippen LogP contribution in [0.15, 0.2) is 60.9 Å². The molecule has 0 unspecified atom stereocenters. The molecule has 1 amide bonds. The zero-order chi connectivity index (χ0) is 17.6. The molecule has 2 aromatic carbocycles. The zero-order valence-electron chi connectivity index (χ0n) is 13.0. The highest BCUT2D eigenvalue weighted by Gasteiger charge is 2.07. The molecule has 0 aliphatic carbocycles. The second kappa shape index (κ2) is 7.96. The molecule has 0 radical (unpaired) electrons. The highest BCUT2D eigenvalue weighted by Crippen LogP contribution is 2.17. The SMILES string of the molecule is O=C(NCc1ccc(Cl)cc1)c1cnc(Nc2cccc(Cl)c2)nc1. The van der Waals surface area contributed by atoms with Gasteiger partial charge in [0.1, 0.15) is 0 Å². The van der Waals surface area contributed by atoms with Crippen LogP contribution in [0.5, 0.6) is 0 Å². The van der Waals surface area contributed by atoms with E-state index in [1.165, 1.54) is 12.4 Å². The number of nitrogens with zero attached hydrogens (tertiary/aromatic N) is 2. The first-order valence-electron chi connectivity index (χ1n) is 7.47. The van der Waals surface area contributed by atoms with Crippen molar-refractivity contribution in [3.8, 4) is 0 Å². The lowest BCUT2D eigenvalue weighted by Crippen LogP contribution is -2.23. The van der Waals surface area contributed by atoms with Gasteiger partial charge in [0.25, 0.3) is 5.91 Å². The van der Waals surface area contributed by atoms with Crippen LogP contribution in [0.2, 0.25) is 10.0 Å². The summed E-state index contributed by atoms with van der Waals surface area (Å²) < 4.78 is 0. The van der Waals surface area contributed by atoms with Crippen LogP contribution in [0, 0.1) is 0 Å². The molecule has 0 aliphatic rings. The Balaban J connectivity index is 1.59. The van der Waals surface area contributed by atoms with Crippen LogP contribution in [0.1, 0.15) is 15.9 Å². The van der Waals surface area contributed by atoms with Gasteiger partial charge in [-0.05, 0) is 35.9 Å². The first-order valence-corrected chi connectivity index (χ1v) is 8.23. The van der Waals surface area contributed by atoms with E-state index in [-0.39, 0.29) is 5.91 Å². The molecule has 2 N–H and O–H groups in total. The lowest BCUT2D eigenvalue weighted by Gasteiger charge is -2.07. The fraction of sp³-hybridized carbons (Fsp3) is 0.0556.